The minimum absolute atomic E-state index is 0.0109. The fourth-order valence-electron chi connectivity index (χ4n) is 4.94. The molecule has 0 aromatic heterocycles. The number of carboxylic acid groups (broad SMARTS) is 1. The van der Waals surface area contributed by atoms with E-state index in [2.05, 4.69) is 5.32 Å². The zero-order valence-corrected chi connectivity index (χ0v) is 28.3. The number of fused-ring (bicyclic) bond motifs is 1. The molecule has 2 heterocycles. The molecule has 2 aromatic rings. The van der Waals surface area contributed by atoms with Crippen molar-refractivity contribution in [3.63, 3.8) is 0 Å². The average molecular weight is 700 g/mol. The Kier molecular flexibility index (Phi) is 13.5. The predicted octanol–water partition coefficient (Wildman–Crippen LogP) is 2.80. The van der Waals surface area contributed by atoms with Crippen LogP contribution in [0.1, 0.15) is 30.0 Å². The van der Waals surface area contributed by atoms with E-state index in [0.717, 1.165) is 22.3 Å². The fourth-order valence-corrected chi connectivity index (χ4v) is 8.35. The summed E-state index contributed by atoms with van der Waals surface area (Å²) in [5, 5.41) is 11.0. The smallest absolute Gasteiger partial charge is 0.355 e. The Morgan fingerprint density at radius 2 is 1.70 bits per heavy atom. The highest BCUT2D eigenvalue weighted by atomic mass is 32.2. The van der Waals surface area contributed by atoms with Gasteiger partial charge in [-0.2, -0.15) is 23.5 Å². The first-order valence-electron chi connectivity index (χ1n) is 14.9. The number of ether oxygens (including phenoxy) is 1. The van der Waals surface area contributed by atoms with Gasteiger partial charge in [0.15, 0.2) is 5.78 Å². The van der Waals surface area contributed by atoms with Crippen molar-refractivity contribution >= 4 is 70.6 Å². The first kappa shape index (κ1) is 36.2. The molecule has 1 saturated heterocycles. The average Bonchev–Trinajstić information content (AvgIpc) is 3.05. The maximum atomic E-state index is 13.4. The van der Waals surface area contributed by atoms with Crippen molar-refractivity contribution in [3.8, 4) is 0 Å². The third-order valence-corrected chi connectivity index (χ3v) is 11.0. The Morgan fingerprint density at radius 1 is 1.00 bits per heavy atom. The van der Waals surface area contributed by atoms with Crippen molar-refractivity contribution < 1.29 is 38.6 Å². The van der Waals surface area contributed by atoms with Gasteiger partial charge in [0.05, 0.1) is 23.6 Å². The number of carboxylic acids is 1. The van der Waals surface area contributed by atoms with E-state index in [-0.39, 0.29) is 72.0 Å². The van der Waals surface area contributed by atoms with Crippen molar-refractivity contribution in [1.82, 2.24) is 10.2 Å². The molecule has 1 fully saturated rings. The second-order valence-corrected chi connectivity index (χ2v) is 14.3. The van der Waals surface area contributed by atoms with Gasteiger partial charge in [0, 0.05) is 42.8 Å². The summed E-state index contributed by atoms with van der Waals surface area (Å²) in [4.78, 5) is 74.9. The maximum absolute atomic E-state index is 13.4. The molecule has 3 unspecified atom stereocenters. The van der Waals surface area contributed by atoms with E-state index < -0.39 is 23.9 Å². The van der Waals surface area contributed by atoms with Gasteiger partial charge in [0.1, 0.15) is 24.1 Å². The number of nitrogens with one attached hydrogen (secondary N) is 1. The minimum atomic E-state index is -1.09. The zero-order valence-electron chi connectivity index (χ0n) is 25.8. The monoisotopic (exact) mass is 699 g/mol. The molecule has 4 rings (SSSR count). The maximum Gasteiger partial charge on any atom is 0.355 e. The number of benzene rings is 2. The first-order chi connectivity index (χ1) is 22.5. The van der Waals surface area contributed by atoms with Gasteiger partial charge in [-0.25, -0.2) is 4.79 Å². The Hall–Kier alpha value is -3.59. The van der Waals surface area contributed by atoms with Crippen LogP contribution in [0.4, 0.5) is 0 Å². The fraction of sp³-hybridized carbons (Fsp3) is 0.394. The third kappa shape index (κ3) is 10.4. The molecule has 2 aliphatic heterocycles. The van der Waals surface area contributed by atoms with Crippen molar-refractivity contribution in [2.75, 3.05) is 29.6 Å². The number of aliphatic carboxylic acids is 1. The standard InChI is InChI=1S/C33H37N3O8S3/c1-20(37)35-13-25(38)12-27-30(40)36-29(33(43)44-14-22-5-3-2-4-6-22)24(17-47-31(27)36)16-45-15-23-9-7-21(8-10-23)11-26(39)18-46-19-28(34)32(41)42/h2-10,27-28,31H,11-19,34H2,1H3,(H,35,37)(H,41,42). The summed E-state index contributed by atoms with van der Waals surface area (Å²) in [7, 11) is 0. The van der Waals surface area contributed by atoms with Crippen LogP contribution in [0, 0.1) is 5.92 Å². The number of β-lactam (4-membered cyclic amide) rings is 1. The van der Waals surface area contributed by atoms with Crippen molar-refractivity contribution in [1.29, 1.82) is 0 Å². The van der Waals surface area contributed by atoms with Crippen LogP contribution >= 0.6 is 35.3 Å². The lowest BCUT2D eigenvalue weighted by molar-refractivity contribution is -0.156. The van der Waals surface area contributed by atoms with Crippen molar-refractivity contribution in [2.24, 2.45) is 11.7 Å². The number of thioether (sulfide) groups is 3. The van der Waals surface area contributed by atoms with E-state index in [1.807, 2.05) is 54.6 Å². The van der Waals surface area contributed by atoms with Crippen LogP contribution in [-0.4, -0.2) is 86.3 Å². The normalized spacial score (nSPS) is 17.7. The number of rotatable bonds is 18. The van der Waals surface area contributed by atoms with Gasteiger partial charge >= 0.3 is 11.9 Å². The van der Waals surface area contributed by atoms with Crippen LogP contribution in [0.2, 0.25) is 0 Å². The lowest BCUT2D eigenvalue weighted by Crippen LogP contribution is -2.62. The number of ketones is 2. The Morgan fingerprint density at radius 3 is 2.38 bits per heavy atom. The summed E-state index contributed by atoms with van der Waals surface area (Å²) in [6.07, 6.45) is 0.231. The number of hydrogen-bond acceptors (Lipinski definition) is 11. The zero-order chi connectivity index (χ0) is 33.9. The molecule has 0 spiro atoms. The van der Waals surface area contributed by atoms with Crippen LogP contribution in [0.15, 0.2) is 65.9 Å². The summed E-state index contributed by atoms with van der Waals surface area (Å²) < 4.78 is 5.65. The highest BCUT2D eigenvalue weighted by Crippen LogP contribution is 2.46. The van der Waals surface area contributed by atoms with E-state index in [0.29, 0.717) is 17.3 Å². The van der Waals surface area contributed by atoms with Gasteiger partial charge < -0.3 is 20.9 Å². The highest BCUT2D eigenvalue weighted by molar-refractivity contribution is 8.00. The van der Waals surface area contributed by atoms with Crippen LogP contribution in [0.3, 0.4) is 0 Å². The molecule has 0 radical (unpaired) electrons. The summed E-state index contributed by atoms with van der Waals surface area (Å²) >= 11 is 4.31. The number of carbonyl (C=O) groups is 6. The van der Waals surface area contributed by atoms with Gasteiger partial charge in [-0.15, -0.1) is 11.8 Å². The number of nitrogens with two attached hydrogens (primary N) is 1. The van der Waals surface area contributed by atoms with E-state index in [1.54, 1.807) is 11.8 Å². The molecule has 2 aliphatic rings. The summed E-state index contributed by atoms with van der Waals surface area (Å²) in [5.41, 5.74) is 9.21. The van der Waals surface area contributed by atoms with Crippen LogP contribution in [0.25, 0.3) is 0 Å². The molecular weight excluding hydrogens is 663 g/mol. The third-order valence-electron chi connectivity index (χ3n) is 7.39. The van der Waals surface area contributed by atoms with Gasteiger partial charge in [-0.05, 0) is 22.3 Å². The number of carbonyl (C=O) groups excluding carboxylic acids is 5. The van der Waals surface area contributed by atoms with Gasteiger partial charge in [-0.1, -0.05) is 54.6 Å². The highest BCUT2D eigenvalue weighted by Gasteiger charge is 2.54. The van der Waals surface area contributed by atoms with Crippen LogP contribution < -0.4 is 11.1 Å². The molecule has 14 heteroatoms. The second kappa shape index (κ2) is 17.5. The summed E-state index contributed by atoms with van der Waals surface area (Å²) in [5.74, 6) is -1.13. The molecule has 0 bridgehead atoms. The topological polar surface area (TPSA) is 173 Å². The molecule has 47 heavy (non-hydrogen) atoms. The van der Waals surface area contributed by atoms with Gasteiger partial charge in [-0.3, -0.25) is 28.9 Å². The Balaban J connectivity index is 1.36. The Labute approximate surface area is 285 Å². The van der Waals surface area contributed by atoms with E-state index in [1.165, 1.54) is 35.3 Å². The number of amides is 2. The largest absolute Gasteiger partial charge is 0.480 e. The Bertz CT molecular complexity index is 1520. The number of hydrogen-bond donors (Lipinski definition) is 3. The van der Waals surface area contributed by atoms with Crippen molar-refractivity contribution in [2.45, 2.75) is 43.5 Å². The second-order valence-electron chi connectivity index (χ2n) is 11.2. The first-order valence-corrected chi connectivity index (χ1v) is 18.3. The minimum Gasteiger partial charge on any atom is -0.480 e. The number of Topliss-reactive ketones (excluding diaryl/α,β-unsaturated/α-hetero) is 2. The quantitative estimate of drug-likeness (QED) is 0.154. The molecule has 0 saturated carbocycles. The van der Waals surface area contributed by atoms with Gasteiger partial charge in [0.25, 0.3) is 0 Å². The van der Waals surface area contributed by atoms with E-state index in [4.69, 9.17) is 15.6 Å². The SMILES string of the molecule is CC(=O)NCC(=O)CC1C(=O)N2C(C(=O)OCc3ccccc3)=C(CSCc3ccc(CC(=O)CSCC(N)C(=O)O)cc3)CSC12. The molecule has 2 aromatic carbocycles. The molecule has 11 nitrogen and oxygen atoms in total. The van der Waals surface area contributed by atoms with Crippen LogP contribution in [-0.2, 0) is 52.3 Å². The number of nitrogens with zero attached hydrogens (tertiary/aromatic N) is 1. The molecule has 250 valence electrons. The molecule has 4 N–H and O–H groups in total. The lowest BCUT2D eigenvalue weighted by Gasteiger charge is -2.49. The van der Waals surface area contributed by atoms with Gasteiger partial charge in [0.2, 0.25) is 11.8 Å². The predicted molar refractivity (Wildman–Crippen MR) is 182 cm³/mol. The summed E-state index contributed by atoms with van der Waals surface area (Å²) in [6.45, 7) is 1.25. The van der Waals surface area contributed by atoms with E-state index >= 15 is 0 Å². The summed E-state index contributed by atoms with van der Waals surface area (Å²) in [6, 6.07) is 15.9. The van der Waals surface area contributed by atoms with E-state index in [9.17, 15) is 28.8 Å². The van der Waals surface area contributed by atoms with Crippen molar-refractivity contribution in [3.05, 3.63) is 82.6 Å². The molecular formula is C33H37N3O8S3. The lowest BCUT2D eigenvalue weighted by atomic mass is 9.90. The number of esters is 1. The van der Waals surface area contributed by atoms with Crippen LogP contribution in [0.5, 0.6) is 0 Å². The molecule has 0 aliphatic carbocycles. The molecule has 2 amide bonds. The molecule has 3 atom stereocenters.